The Balaban J connectivity index is 2.04. The van der Waals surface area contributed by atoms with Gasteiger partial charge in [0.2, 0.25) is 11.8 Å². The number of piperidine rings is 1. The van der Waals surface area contributed by atoms with Crippen LogP contribution in [0.25, 0.3) is 0 Å². The number of nitrogens with zero attached hydrogens (tertiary/aromatic N) is 1. The van der Waals surface area contributed by atoms with Crippen LogP contribution in [0.1, 0.15) is 28.8 Å². The second-order valence-corrected chi connectivity index (χ2v) is 5.55. The molecule has 102 valence electrons. The van der Waals surface area contributed by atoms with Crippen LogP contribution in [-0.4, -0.2) is 16.8 Å². The number of nitrogens with one attached hydrogen (secondary N) is 1. The van der Waals surface area contributed by atoms with Crippen molar-refractivity contribution in [1.82, 2.24) is 10.3 Å². The molecule has 0 radical (unpaired) electrons. The minimum absolute atomic E-state index is 0.181. The summed E-state index contributed by atoms with van der Waals surface area (Å²) in [4.78, 5) is 27.9. The second kappa shape index (κ2) is 5.13. The average Bonchev–Trinajstić information content (AvgIpc) is 2.91. The summed E-state index contributed by atoms with van der Waals surface area (Å²) >= 11 is 1.40. The van der Waals surface area contributed by atoms with E-state index in [0.717, 1.165) is 5.01 Å². The van der Waals surface area contributed by atoms with Crippen molar-refractivity contribution in [3.8, 4) is 0 Å². The number of rotatable bonds is 2. The van der Waals surface area contributed by atoms with Gasteiger partial charge in [-0.1, -0.05) is 12.1 Å². The Bertz CT molecular complexity index is 657. The largest absolute Gasteiger partial charge is 0.296 e. The van der Waals surface area contributed by atoms with Crippen LogP contribution >= 0.6 is 11.3 Å². The van der Waals surface area contributed by atoms with Gasteiger partial charge < -0.3 is 0 Å². The molecule has 1 aliphatic heterocycles. The molecule has 0 aliphatic carbocycles. The third-order valence-corrected chi connectivity index (χ3v) is 4.24. The molecule has 2 unspecified atom stereocenters. The molecule has 1 fully saturated rings. The number of hydrogen-bond donors (Lipinski definition) is 1. The van der Waals surface area contributed by atoms with E-state index >= 15 is 0 Å². The third kappa shape index (κ3) is 2.34. The number of imide groups is 1. The van der Waals surface area contributed by atoms with E-state index in [-0.39, 0.29) is 18.2 Å². The number of thiazole rings is 1. The maximum absolute atomic E-state index is 13.4. The molecule has 2 heterocycles. The minimum Gasteiger partial charge on any atom is -0.296 e. The molecular weight excluding hydrogens is 279 g/mol. The van der Waals surface area contributed by atoms with Gasteiger partial charge in [-0.05, 0) is 17.7 Å². The van der Waals surface area contributed by atoms with Crippen molar-refractivity contribution in [3.63, 3.8) is 0 Å². The Labute approximate surface area is 118 Å². The summed E-state index contributed by atoms with van der Waals surface area (Å²) in [6.07, 6.45) is 1.82. The summed E-state index contributed by atoms with van der Waals surface area (Å²) in [6, 6.07) is 5.92. The molecule has 1 aromatic carbocycles. The van der Waals surface area contributed by atoms with E-state index in [9.17, 15) is 14.0 Å². The Hall–Kier alpha value is -2.08. The van der Waals surface area contributed by atoms with E-state index in [2.05, 4.69) is 10.3 Å². The van der Waals surface area contributed by atoms with Crippen molar-refractivity contribution < 1.29 is 14.0 Å². The van der Waals surface area contributed by atoms with Crippen LogP contribution in [-0.2, 0) is 9.59 Å². The normalized spacial score (nSPS) is 22.6. The summed E-state index contributed by atoms with van der Waals surface area (Å²) in [7, 11) is 0. The van der Waals surface area contributed by atoms with Gasteiger partial charge in [0.05, 0.1) is 10.9 Å². The first-order valence-corrected chi connectivity index (χ1v) is 7.01. The van der Waals surface area contributed by atoms with E-state index < -0.39 is 17.6 Å². The number of amides is 2. The molecule has 2 atom stereocenters. The number of aromatic nitrogens is 1. The van der Waals surface area contributed by atoms with Crippen LogP contribution in [0.2, 0.25) is 0 Å². The fraction of sp³-hybridized carbons (Fsp3) is 0.214. The molecule has 1 aromatic heterocycles. The van der Waals surface area contributed by atoms with E-state index in [1.54, 1.807) is 23.7 Å². The molecule has 4 nitrogen and oxygen atoms in total. The monoisotopic (exact) mass is 290 g/mol. The molecular formula is C14H11FN2O2S. The third-order valence-electron chi connectivity index (χ3n) is 3.33. The SMILES string of the molecule is O=C1CC(c2nccs2)C(c2cccc(F)c2)C(=O)N1. The minimum atomic E-state index is -0.588. The zero-order chi connectivity index (χ0) is 14.1. The highest BCUT2D eigenvalue weighted by molar-refractivity contribution is 7.09. The highest BCUT2D eigenvalue weighted by Crippen LogP contribution is 2.39. The fourth-order valence-electron chi connectivity index (χ4n) is 2.50. The maximum atomic E-state index is 13.4. The summed E-state index contributed by atoms with van der Waals surface area (Å²) < 4.78 is 13.4. The lowest BCUT2D eigenvalue weighted by Gasteiger charge is -2.29. The van der Waals surface area contributed by atoms with Crippen molar-refractivity contribution in [1.29, 1.82) is 0 Å². The molecule has 2 amide bonds. The fourth-order valence-corrected chi connectivity index (χ4v) is 3.27. The molecule has 20 heavy (non-hydrogen) atoms. The summed E-state index contributed by atoms with van der Waals surface area (Å²) in [5, 5.41) is 4.84. The lowest BCUT2D eigenvalue weighted by molar-refractivity contribution is -0.135. The Morgan fingerprint density at radius 3 is 2.90 bits per heavy atom. The topological polar surface area (TPSA) is 59.1 Å². The second-order valence-electron chi connectivity index (χ2n) is 4.63. The van der Waals surface area contributed by atoms with Crippen LogP contribution in [0.5, 0.6) is 0 Å². The Morgan fingerprint density at radius 1 is 1.35 bits per heavy atom. The Kier molecular flexibility index (Phi) is 3.31. The summed E-state index contributed by atoms with van der Waals surface area (Å²) in [5.41, 5.74) is 0.565. The van der Waals surface area contributed by atoms with Gasteiger partial charge in [-0.15, -0.1) is 11.3 Å². The van der Waals surface area contributed by atoms with E-state index in [4.69, 9.17) is 0 Å². The van der Waals surface area contributed by atoms with Gasteiger partial charge in [-0.2, -0.15) is 0 Å². The van der Waals surface area contributed by atoms with Crippen molar-refractivity contribution in [2.24, 2.45) is 0 Å². The molecule has 1 aliphatic rings. The van der Waals surface area contributed by atoms with Gasteiger partial charge in [-0.3, -0.25) is 14.9 Å². The first-order valence-electron chi connectivity index (χ1n) is 6.13. The van der Waals surface area contributed by atoms with Crippen LogP contribution in [0.4, 0.5) is 4.39 Å². The van der Waals surface area contributed by atoms with Crippen LogP contribution in [0.3, 0.4) is 0 Å². The Morgan fingerprint density at radius 2 is 2.20 bits per heavy atom. The summed E-state index contributed by atoms with van der Waals surface area (Å²) in [6.45, 7) is 0. The smallest absolute Gasteiger partial charge is 0.234 e. The van der Waals surface area contributed by atoms with Crippen molar-refractivity contribution in [3.05, 3.63) is 52.2 Å². The number of hydrogen-bond acceptors (Lipinski definition) is 4. The maximum Gasteiger partial charge on any atom is 0.234 e. The first-order chi connectivity index (χ1) is 9.65. The molecule has 2 aromatic rings. The molecule has 3 rings (SSSR count). The number of benzene rings is 1. The van der Waals surface area contributed by atoms with Crippen LogP contribution in [0, 0.1) is 5.82 Å². The summed E-state index contributed by atoms with van der Waals surface area (Å²) in [5.74, 6) is -2.03. The van der Waals surface area contributed by atoms with Crippen molar-refractivity contribution in [2.45, 2.75) is 18.3 Å². The van der Waals surface area contributed by atoms with E-state index in [1.807, 2.05) is 0 Å². The molecule has 0 spiro atoms. The van der Waals surface area contributed by atoms with E-state index in [0.29, 0.717) is 5.56 Å². The van der Waals surface area contributed by atoms with Gasteiger partial charge in [0.15, 0.2) is 0 Å². The van der Waals surface area contributed by atoms with E-state index in [1.165, 1.54) is 23.5 Å². The molecule has 1 saturated heterocycles. The highest BCUT2D eigenvalue weighted by atomic mass is 32.1. The predicted molar refractivity (Wildman–Crippen MR) is 71.8 cm³/mol. The molecule has 0 bridgehead atoms. The van der Waals surface area contributed by atoms with Gasteiger partial charge in [-0.25, -0.2) is 9.37 Å². The van der Waals surface area contributed by atoms with Gasteiger partial charge in [0.25, 0.3) is 0 Å². The number of halogens is 1. The van der Waals surface area contributed by atoms with Gasteiger partial charge >= 0.3 is 0 Å². The van der Waals surface area contributed by atoms with Gasteiger partial charge in [0, 0.05) is 23.9 Å². The number of carbonyl (C=O) groups excluding carboxylic acids is 2. The lowest BCUT2D eigenvalue weighted by Crippen LogP contribution is -2.43. The molecule has 1 N–H and O–H groups in total. The van der Waals surface area contributed by atoms with Crippen LogP contribution < -0.4 is 5.32 Å². The average molecular weight is 290 g/mol. The first kappa shape index (κ1) is 12.9. The lowest BCUT2D eigenvalue weighted by atomic mass is 9.81. The van der Waals surface area contributed by atoms with Gasteiger partial charge in [0.1, 0.15) is 5.82 Å². The van der Waals surface area contributed by atoms with Crippen molar-refractivity contribution >= 4 is 23.2 Å². The zero-order valence-corrected chi connectivity index (χ0v) is 11.2. The standard InChI is InChI=1S/C14H11FN2O2S/c15-9-3-1-2-8(6-9)12-10(14-16-4-5-20-14)7-11(18)17-13(12)19/h1-6,10,12H,7H2,(H,17,18,19). The zero-order valence-electron chi connectivity index (χ0n) is 10.4. The van der Waals surface area contributed by atoms with Crippen molar-refractivity contribution in [2.75, 3.05) is 0 Å². The quantitative estimate of drug-likeness (QED) is 0.863. The van der Waals surface area contributed by atoms with Crippen LogP contribution in [0.15, 0.2) is 35.8 Å². The number of carbonyl (C=O) groups is 2. The molecule has 6 heteroatoms. The molecule has 0 saturated carbocycles. The highest BCUT2D eigenvalue weighted by Gasteiger charge is 2.39. The predicted octanol–water partition coefficient (Wildman–Crippen LogP) is 2.20.